The van der Waals surface area contributed by atoms with Crippen LogP contribution in [0.5, 0.6) is 0 Å². The number of rotatable bonds is 0. The predicted molar refractivity (Wildman–Crippen MR) is 93.0 cm³/mol. The first-order valence-corrected chi connectivity index (χ1v) is 10.5. The van der Waals surface area contributed by atoms with Gasteiger partial charge in [-0.25, -0.2) is 0 Å². The Balaban J connectivity index is 1.56. The van der Waals surface area contributed by atoms with E-state index in [2.05, 4.69) is 0 Å². The summed E-state index contributed by atoms with van der Waals surface area (Å²) in [6.07, 6.45) is 6.20. The highest BCUT2D eigenvalue weighted by Crippen LogP contribution is 2.61. The SMILES string of the molecule is NC1CCC2C(C1)C(=O)OC21C2CCC(O)CC2OC2CC(O)CCC21. The minimum absolute atomic E-state index is 0.0678. The van der Waals surface area contributed by atoms with E-state index in [1.807, 2.05) is 0 Å². The molecule has 146 valence electrons. The molecule has 5 aliphatic rings. The Hall–Kier alpha value is -0.690. The van der Waals surface area contributed by atoms with Crippen molar-refractivity contribution in [3.05, 3.63) is 0 Å². The van der Waals surface area contributed by atoms with Crippen molar-refractivity contribution < 1.29 is 24.5 Å². The Morgan fingerprint density at radius 1 is 0.846 bits per heavy atom. The fraction of sp³-hybridized carbons (Fsp3) is 0.950. The van der Waals surface area contributed by atoms with Gasteiger partial charge in [-0.1, -0.05) is 0 Å². The molecule has 9 unspecified atom stereocenters. The van der Waals surface area contributed by atoms with Crippen molar-refractivity contribution in [2.75, 3.05) is 0 Å². The van der Waals surface area contributed by atoms with E-state index in [0.717, 1.165) is 44.9 Å². The molecule has 0 aromatic heterocycles. The van der Waals surface area contributed by atoms with Gasteiger partial charge in [0.1, 0.15) is 5.60 Å². The molecule has 1 spiro atoms. The van der Waals surface area contributed by atoms with Crippen LogP contribution in [0, 0.1) is 23.7 Å². The number of carbonyl (C=O) groups is 1. The molecule has 0 radical (unpaired) electrons. The zero-order valence-electron chi connectivity index (χ0n) is 15.3. The highest BCUT2D eigenvalue weighted by atomic mass is 16.6. The third-order valence-electron chi connectivity index (χ3n) is 8.09. The second kappa shape index (κ2) is 6.16. The highest BCUT2D eigenvalue weighted by molar-refractivity contribution is 5.76. The number of nitrogens with two attached hydrogens (primary N) is 1. The standard InChI is InChI=1S/C20H31NO5/c21-10-1-4-14-13(7-10)19(24)26-20(14)15-5-2-11(22)8-17(15)25-18-9-12(23)3-6-16(18)20/h10-18,22-23H,1-9,21H2. The first-order chi connectivity index (χ1) is 12.5. The van der Waals surface area contributed by atoms with E-state index in [9.17, 15) is 15.0 Å². The van der Waals surface area contributed by atoms with E-state index in [4.69, 9.17) is 15.2 Å². The quantitative estimate of drug-likeness (QED) is 0.556. The molecule has 0 aromatic carbocycles. The second-order valence-electron chi connectivity index (χ2n) is 9.42. The average Bonchev–Trinajstić information content (AvgIpc) is 2.87. The molecule has 6 heteroatoms. The summed E-state index contributed by atoms with van der Waals surface area (Å²) in [5.74, 6) is 0.383. The van der Waals surface area contributed by atoms with Gasteiger partial charge in [0, 0.05) is 23.8 Å². The van der Waals surface area contributed by atoms with Crippen LogP contribution in [-0.2, 0) is 14.3 Å². The lowest BCUT2D eigenvalue weighted by Gasteiger charge is -2.59. The molecule has 5 rings (SSSR count). The summed E-state index contributed by atoms with van der Waals surface area (Å²) in [6.45, 7) is 0. The van der Waals surface area contributed by atoms with Crippen LogP contribution in [0.25, 0.3) is 0 Å². The van der Waals surface area contributed by atoms with Crippen molar-refractivity contribution >= 4 is 5.97 Å². The van der Waals surface area contributed by atoms with Crippen molar-refractivity contribution in [2.45, 2.75) is 93.8 Å². The molecule has 26 heavy (non-hydrogen) atoms. The van der Waals surface area contributed by atoms with Crippen LogP contribution in [0.15, 0.2) is 0 Å². The number of carbonyl (C=O) groups excluding carboxylic acids is 1. The molecule has 4 N–H and O–H groups in total. The second-order valence-corrected chi connectivity index (χ2v) is 9.42. The Bertz CT molecular complexity index is 557. The fourth-order valence-corrected chi connectivity index (χ4v) is 7.08. The van der Waals surface area contributed by atoms with Gasteiger partial charge in [0.15, 0.2) is 0 Å². The van der Waals surface area contributed by atoms with Gasteiger partial charge < -0.3 is 25.4 Å². The molecule has 2 aliphatic heterocycles. The molecule has 2 saturated heterocycles. The molecule has 9 atom stereocenters. The van der Waals surface area contributed by atoms with Crippen LogP contribution in [0.1, 0.15) is 57.8 Å². The molecular formula is C20H31NO5. The average molecular weight is 365 g/mol. The first-order valence-electron chi connectivity index (χ1n) is 10.5. The number of aliphatic hydroxyl groups is 2. The Morgan fingerprint density at radius 2 is 1.42 bits per heavy atom. The normalized spacial score (nSPS) is 56.4. The number of fused-ring (bicyclic) bond motifs is 6. The minimum Gasteiger partial charge on any atom is -0.458 e. The third kappa shape index (κ3) is 2.42. The lowest BCUT2D eigenvalue weighted by atomic mass is 9.54. The van der Waals surface area contributed by atoms with Gasteiger partial charge in [-0.3, -0.25) is 4.79 Å². The molecule has 3 saturated carbocycles. The van der Waals surface area contributed by atoms with Crippen LogP contribution in [0.4, 0.5) is 0 Å². The Kier molecular flexibility index (Phi) is 4.12. The Morgan fingerprint density at radius 3 is 2.04 bits per heavy atom. The van der Waals surface area contributed by atoms with Crippen molar-refractivity contribution in [1.82, 2.24) is 0 Å². The van der Waals surface area contributed by atoms with E-state index < -0.39 is 5.60 Å². The van der Waals surface area contributed by atoms with Crippen molar-refractivity contribution in [3.8, 4) is 0 Å². The van der Waals surface area contributed by atoms with E-state index in [1.165, 1.54) is 0 Å². The fourth-order valence-electron chi connectivity index (χ4n) is 7.08. The van der Waals surface area contributed by atoms with E-state index in [1.54, 1.807) is 0 Å². The molecule has 3 aliphatic carbocycles. The van der Waals surface area contributed by atoms with Crippen molar-refractivity contribution in [1.29, 1.82) is 0 Å². The zero-order valence-corrected chi connectivity index (χ0v) is 15.3. The maximum atomic E-state index is 12.9. The van der Waals surface area contributed by atoms with Crippen LogP contribution < -0.4 is 5.73 Å². The van der Waals surface area contributed by atoms with Gasteiger partial charge in [0.2, 0.25) is 0 Å². The van der Waals surface area contributed by atoms with Gasteiger partial charge in [0.05, 0.1) is 30.3 Å². The maximum Gasteiger partial charge on any atom is 0.310 e. The van der Waals surface area contributed by atoms with Gasteiger partial charge in [-0.2, -0.15) is 0 Å². The molecule has 5 fully saturated rings. The molecule has 2 heterocycles. The first kappa shape index (κ1) is 17.4. The largest absolute Gasteiger partial charge is 0.458 e. The summed E-state index contributed by atoms with van der Waals surface area (Å²) in [4.78, 5) is 12.9. The lowest BCUT2D eigenvalue weighted by molar-refractivity contribution is -0.268. The molecule has 0 amide bonds. The maximum absolute atomic E-state index is 12.9. The monoisotopic (exact) mass is 365 g/mol. The number of ether oxygens (including phenoxy) is 2. The third-order valence-corrected chi connectivity index (χ3v) is 8.09. The molecule has 6 nitrogen and oxygen atoms in total. The summed E-state index contributed by atoms with van der Waals surface area (Å²) in [6, 6.07) is 0.0896. The van der Waals surface area contributed by atoms with E-state index in [0.29, 0.717) is 12.8 Å². The van der Waals surface area contributed by atoms with Crippen LogP contribution in [0.2, 0.25) is 0 Å². The summed E-state index contributed by atoms with van der Waals surface area (Å²) in [5.41, 5.74) is 5.70. The van der Waals surface area contributed by atoms with E-state index in [-0.39, 0.29) is 60.1 Å². The number of hydrogen-bond acceptors (Lipinski definition) is 6. The van der Waals surface area contributed by atoms with Crippen molar-refractivity contribution in [3.63, 3.8) is 0 Å². The predicted octanol–water partition coefficient (Wildman–Crippen LogP) is 1.11. The smallest absolute Gasteiger partial charge is 0.310 e. The van der Waals surface area contributed by atoms with Gasteiger partial charge in [-0.15, -0.1) is 0 Å². The van der Waals surface area contributed by atoms with E-state index >= 15 is 0 Å². The highest BCUT2D eigenvalue weighted by Gasteiger charge is 2.69. The minimum atomic E-state index is -0.476. The number of aliphatic hydroxyl groups excluding tert-OH is 2. The summed E-state index contributed by atoms with van der Waals surface area (Å²) in [7, 11) is 0. The number of esters is 1. The summed E-state index contributed by atoms with van der Waals surface area (Å²) in [5, 5.41) is 20.4. The Labute approximate surface area is 154 Å². The van der Waals surface area contributed by atoms with Crippen LogP contribution >= 0.6 is 0 Å². The van der Waals surface area contributed by atoms with Crippen LogP contribution in [-0.4, -0.2) is 52.2 Å². The topological polar surface area (TPSA) is 102 Å². The molecular weight excluding hydrogens is 334 g/mol. The number of hydrogen-bond donors (Lipinski definition) is 3. The summed E-state index contributed by atoms with van der Waals surface area (Å²) < 4.78 is 12.8. The van der Waals surface area contributed by atoms with Gasteiger partial charge in [0.25, 0.3) is 0 Å². The zero-order chi connectivity index (χ0) is 18.1. The van der Waals surface area contributed by atoms with Crippen LogP contribution in [0.3, 0.4) is 0 Å². The molecule has 0 aromatic rings. The van der Waals surface area contributed by atoms with Crippen molar-refractivity contribution in [2.24, 2.45) is 29.4 Å². The lowest BCUT2D eigenvalue weighted by Crippen LogP contribution is -2.66. The summed E-state index contributed by atoms with van der Waals surface area (Å²) >= 11 is 0. The molecule has 0 bridgehead atoms. The van der Waals surface area contributed by atoms with Gasteiger partial charge in [-0.05, 0) is 57.8 Å². The van der Waals surface area contributed by atoms with Gasteiger partial charge >= 0.3 is 5.97 Å².